The van der Waals surface area contributed by atoms with Crippen molar-refractivity contribution in [1.29, 1.82) is 0 Å². The van der Waals surface area contributed by atoms with Gasteiger partial charge in [-0.25, -0.2) is 13.2 Å². The third-order valence-electron chi connectivity index (χ3n) is 3.08. The lowest BCUT2D eigenvalue weighted by Crippen LogP contribution is -2.55. The van der Waals surface area contributed by atoms with Crippen LogP contribution >= 0.6 is 11.3 Å². The topological polar surface area (TPSA) is 104 Å². The summed E-state index contributed by atoms with van der Waals surface area (Å²) in [7, 11) is -3.80. The van der Waals surface area contributed by atoms with Crippen molar-refractivity contribution >= 4 is 27.3 Å². The molecule has 2 N–H and O–H groups in total. The second-order valence-corrected chi connectivity index (χ2v) is 8.28. The largest absolute Gasteiger partial charge is 0.477 e. The van der Waals surface area contributed by atoms with Crippen molar-refractivity contribution in [3.8, 4) is 0 Å². The van der Waals surface area contributed by atoms with E-state index in [1.165, 1.54) is 9.69 Å². The lowest BCUT2D eigenvalue weighted by atomic mass is 10.1. The summed E-state index contributed by atoms with van der Waals surface area (Å²) in [6.07, 6.45) is -0.596. The minimum atomic E-state index is -3.80. The third-order valence-corrected chi connectivity index (χ3v) is 5.93. The number of carboxylic acids is 1. The molecular formula is C12H17NO6S2. The highest BCUT2D eigenvalue weighted by atomic mass is 32.2. The van der Waals surface area contributed by atoms with E-state index < -0.39 is 27.7 Å². The highest BCUT2D eigenvalue weighted by molar-refractivity contribution is 7.89. The molecule has 1 aliphatic rings. The number of ether oxygens (including phenoxy) is 1. The second kappa shape index (κ2) is 5.65. The number of hydrogen-bond acceptors (Lipinski definition) is 6. The molecule has 0 spiro atoms. The number of sulfonamides is 1. The molecule has 0 aromatic carbocycles. The highest BCUT2D eigenvalue weighted by Crippen LogP contribution is 2.28. The molecule has 0 saturated carbocycles. The summed E-state index contributed by atoms with van der Waals surface area (Å²) in [6, 6.07) is 1.15. The van der Waals surface area contributed by atoms with Gasteiger partial charge < -0.3 is 14.9 Å². The first-order valence-corrected chi connectivity index (χ1v) is 8.58. The number of aliphatic hydroxyl groups excluding tert-OH is 1. The van der Waals surface area contributed by atoms with Gasteiger partial charge in [0.15, 0.2) is 0 Å². The van der Waals surface area contributed by atoms with Crippen molar-refractivity contribution < 1.29 is 28.2 Å². The van der Waals surface area contributed by atoms with E-state index in [0.29, 0.717) is 0 Å². The molecule has 7 nitrogen and oxygen atoms in total. The van der Waals surface area contributed by atoms with Gasteiger partial charge in [-0.3, -0.25) is 0 Å². The Labute approximate surface area is 126 Å². The highest BCUT2D eigenvalue weighted by Gasteiger charge is 2.39. The number of hydrogen-bond donors (Lipinski definition) is 2. The predicted molar refractivity (Wildman–Crippen MR) is 76.1 cm³/mol. The summed E-state index contributed by atoms with van der Waals surface area (Å²) in [5.74, 6) is -1.16. The number of thiophene rings is 1. The van der Waals surface area contributed by atoms with Gasteiger partial charge in [-0.15, -0.1) is 11.3 Å². The standard InChI is InChI=1S/C12H17NO6S2/c1-12(2)7-13(4-8(5-14)19-12)21(17,18)9-3-10(11(15)16)20-6-9/h3,6,8,14H,4-5,7H2,1-2H3,(H,15,16). The molecular weight excluding hydrogens is 318 g/mol. The number of nitrogens with zero attached hydrogens (tertiary/aromatic N) is 1. The number of carboxylic acid groups (broad SMARTS) is 1. The minimum Gasteiger partial charge on any atom is -0.477 e. The van der Waals surface area contributed by atoms with Gasteiger partial charge in [0.1, 0.15) is 4.88 Å². The molecule has 1 aromatic rings. The molecule has 1 aromatic heterocycles. The zero-order valence-electron chi connectivity index (χ0n) is 11.6. The lowest BCUT2D eigenvalue weighted by molar-refractivity contribution is -0.131. The fourth-order valence-corrected chi connectivity index (χ4v) is 4.96. The SMILES string of the molecule is CC1(C)CN(S(=O)(=O)c2csc(C(=O)O)c2)CC(CO)O1. The van der Waals surface area contributed by atoms with E-state index in [1.807, 2.05) is 0 Å². The van der Waals surface area contributed by atoms with E-state index in [2.05, 4.69) is 0 Å². The average Bonchev–Trinajstić information content (AvgIpc) is 2.87. The molecule has 0 aliphatic carbocycles. The average molecular weight is 335 g/mol. The quantitative estimate of drug-likeness (QED) is 0.835. The predicted octanol–water partition coefficient (Wildman–Crippen LogP) is 0.607. The Balaban J connectivity index is 2.31. The number of rotatable bonds is 4. The molecule has 1 fully saturated rings. The molecule has 1 unspecified atom stereocenters. The molecule has 21 heavy (non-hydrogen) atoms. The van der Waals surface area contributed by atoms with Crippen molar-refractivity contribution in [3.05, 3.63) is 16.3 Å². The van der Waals surface area contributed by atoms with Crippen LogP contribution in [0.5, 0.6) is 0 Å². The monoisotopic (exact) mass is 335 g/mol. The van der Waals surface area contributed by atoms with Crippen LogP contribution in [0.3, 0.4) is 0 Å². The summed E-state index contributed by atoms with van der Waals surface area (Å²) in [4.78, 5) is 10.8. The van der Waals surface area contributed by atoms with Crippen molar-refractivity contribution in [2.75, 3.05) is 19.7 Å². The zero-order chi connectivity index (χ0) is 15.8. The van der Waals surface area contributed by atoms with Crippen LogP contribution in [0.2, 0.25) is 0 Å². The van der Waals surface area contributed by atoms with Crippen molar-refractivity contribution in [2.24, 2.45) is 0 Å². The fraction of sp³-hybridized carbons (Fsp3) is 0.583. The van der Waals surface area contributed by atoms with Crippen molar-refractivity contribution in [1.82, 2.24) is 4.31 Å². The van der Waals surface area contributed by atoms with Crippen LogP contribution in [0.25, 0.3) is 0 Å². The van der Waals surface area contributed by atoms with Crippen molar-refractivity contribution in [3.63, 3.8) is 0 Å². The van der Waals surface area contributed by atoms with Crippen LogP contribution in [0, 0.1) is 0 Å². The maximum absolute atomic E-state index is 12.6. The normalized spacial score (nSPS) is 23.1. The zero-order valence-corrected chi connectivity index (χ0v) is 13.3. The van der Waals surface area contributed by atoms with Gasteiger partial charge in [-0.1, -0.05) is 0 Å². The van der Waals surface area contributed by atoms with E-state index in [4.69, 9.17) is 9.84 Å². The molecule has 2 rings (SSSR count). The van der Waals surface area contributed by atoms with Gasteiger partial charge in [0.2, 0.25) is 10.0 Å². The van der Waals surface area contributed by atoms with Crippen LogP contribution in [0.1, 0.15) is 23.5 Å². The van der Waals surface area contributed by atoms with Crippen LogP contribution in [0.15, 0.2) is 16.3 Å². The Hall–Kier alpha value is -1.00. The molecule has 1 aliphatic heterocycles. The summed E-state index contributed by atoms with van der Waals surface area (Å²) < 4.78 is 32.0. The number of carbonyl (C=O) groups is 1. The Kier molecular flexibility index (Phi) is 4.41. The Morgan fingerprint density at radius 2 is 2.24 bits per heavy atom. The number of aromatic carboxylic acids is 1. The van der Waals surface area contributed by atoms with Gasteiger partial charge in [0, 0.05) is 18.5 Å². The van der Waals surface area contributed by atoms with Crippen LogP contribution in [-0.4, -0.2) is 60.3 Å². The molecule has 0 radical (unpaired) electrons. The molecule has 1 atom stereocenters. The first-order chi connectivity index (χ1) is 9.65. The summed E-state index contributed by atoms with van der Waals surface area (Å²) in [5.41, 5.74) is -0.718. The molecule has 2 heterocycles. The minimum absolute atomic E-state index is 0.0280. The first-order valence-electron chi connectivity index (χ1n) is 6.26. The van der Waals surface area contributed by atoms with Gasteiger partial charge in [0.25, 0.3) is 0 Å². The van der Waals surface area contributed by atoms with E-state index in [0.717, 1.165) is 17.4 Å². The summed E-state index contributed by atoms with van der Waals surface area (Å²) in [6.45, 7) is 3.39. The van der Waals surface area contributed by atoms with E-state index in [9.17, 15) is 18.3 Å². The van der Waals surface area contributed by atoms with E-state index >= 15 is 0 Å². The Morgan fingerprint density at radius 3 is 2.76 bits per heavy atom. The van der Waals surface area contributed by atoms with E-state index in [-0.39, 0.29) is 29.5 Å². The van der Waals surface area contributed by atoms with Gasteiger partial charge in [-0.05, 0) is 19.9 Å². The van der Waals surface area contributed by atoms with Crippen LogP contribution in [0.4, 0.5) is 0 Å². The fourth-order valence-electron chi connectivity index (χ4n) is 2.24. The molecule has 9 heteroatoms. The van der Waals surface area contributed by atoms with Gasteiger partial charge in [0.05, 0.1) is 23.2 Å². The maximum Gasteiger partial charge on any atom is 0.345 e. The Morgan fingerprint density at radius 1 is 1.57 bits per heavy atom. The molecule has 0 amide bonds. The summed E-state index contributed by atoms with van der Waals surface area (Å²) >= 11 is 0.869. The third kappa shape index (κ3) is 3.43. The van der Waals surface area contributed by atoms with Gasteiger partial charge >= 0.3 is 5.97 Å². The number of morpholine rings is 1. The second-order valence-electron chi connectivity index (χ2n) is 5.43. The lowest BCUT2D eigenvalue weighted by Gasteiger charge is -2.41. The van der Waals surface area contributed by atoms with E-state index in [1.54, 1.807) is 13.8 Å². The smallest absolute Gasteiger partial charge is 0.345 e. The Bertz CT molecular complexity index is 636. The molecule has 1 saturated heterocycles. The van der Waals surface area contributed by atoms with Gasteiger partial charge in [-0.2, -0.15) is 4.31 Å². The van der Waals surface area contributed by atoms with Crippen LogP contribution < -0.4 is 0 Å². The summed E-state index contributed by atoms with van der Waals surface area (Å²) in [5, 5.41) is 19.4. The molecule has 118 valence electrons. The maximum atomic E-state index is 12.6. The van der Waals surface area contributed by atoms with Crippen LogP contribution in [-0.2, 0) is 14.8 Å². The number of aliphatic hydroxyl groups is 1. The first kappa shape index (κ1) is 16.4. The van der Waals surface area contributed by atoms with Crippen molar-refractivity contribution in [2.45, 2.75) is 30.4 Å². The molecule has 0 bridgehead atoms.